The van der Waals surface area contributed by atoms with Gasteiger partial charge in [-0.3, -0.25) is 0 Å². The lowest BCUT2D eigenvalue weighted by Gasteiger charge is -2.21. The van der Waals surface area contributed by atoms with E-state index in [-0.39, 0.29) is 5.75 Å². The van der Waals surface area contributed by atoms with Crippen molar-refractivity contribution in [2.45, 2.75) is 13.2 Å². The third kappa shape index (κ3) is 5.01. The Morgan fingerprint density at radius 1 is 0.727 bits per heavy atom. The van der Waals surface area contributed by atoms with Gasteiger partial charge in [0.15, 0.2) is 0 Å². The Morgan fingerprint density at radius 2 is 1.42 bits per heavy atom. The molecule has 4 aromatic carbocycles. The zero-order valence-corrected chi connectivity index (χ0v) is 18.1. The first kappa shape index (κ1) is 20.7. The summed E-state index contributed by atoms with van der Waals surface area (Å²) < 4.78 is 18.1. The van der Waals surface area contributed by atoms with E-state index in [1.54, 1.807) is 12.1 Å². The van der Waals surface area contributed by atoms with E-state index in [4.69, 9.17) is 14.2 Å². The van der Waals surface area contributed by atoms with Crippen LogP contribution in [0.15, 0.2) is 97.1 Å². The third-order valence-electron chi connectivity index (χ3n) is 5.49. The standard InChI is InChI=1S/C29H24O4/c30-25-12-14-27(29(16-25)32-19-22-9-5-2-6-10-22)24-15-23-11-13-26(17-28(23)33-20-24)31-18-21-7-3-1-4-8-21/h1-17,30H,18-20H2. The summed E-state index contributed by atoms with van der Waals surface area (Å²) in [5, 5.41) is 10.0. The van der Waals surface area contributed by atoms with Gasteiger partial charge in [0.05, 0.1) is 0 Å². The van der Waals surface area contributed by atoms with Gasteiger partial charge in [0, 0.05) is 28.8 Å². The average molecular weight is 437 g/mol. The molecule has 1 heterocycles. The van der Waals surface area contributed by atoms with E-state index in [1.807, 2.05) is 84.9 Å². The molecule has 0 radical (unpaired) electrons. The van der Waals surface area contributed by atoms with Crippen molar-refractivity contribution >= 4 is 11.6 Å². The normalized spacial score (nSPS) is 12.3. The van der Waals surface area contributed by atoms with Crippen molar-refractivity contribution in [3.8, 4) is 23.0 Å². The predicted octanol–water partition coefficient (Wildman–Crippen LogP) is 6.48. The van der Waals surface area contributed by atoms with Crippen LogP contribution in [-0.2, 0) is 13.2 Å². The van der Waals surface area contributed by atoms with Crippen LogP contribution >= 0.6 is 0 Å². The average Bonchev–Trinajstić information content (AvgIpc) is 2.87. The number of phenols is 1. The van der Waals surface area contributed by atoms with Crippen LogP contribution in [0.25, 0.3) is 11.6 Å². The lowest BCUT2D eigenvalue weighted by atomic mass is 9.99. The van der Waals surface area contributed by atoms with Crippen LogP contribution in [0.1, 0.15) is 22.3 Å². The van der Waals surface area contributed by atoms with Gasteiger partial charge in [-0.2, -0.15) is 0 Å². The summed E-state index contributed by atoms with van der Waals surface area (Å²) in [5.41, 5.74) is 5.05. The Bertz CT molecular complexity index is 1260. The molecule has 1 aliphatic heterocycles. The molecule has 33 heavy (non-hydrogen) atoms. The number of rotatable bonds is 7. The SMILES string of the molecule is Oc1ccc(C2=Cc3ccc(OCc4ccccc4)cc3OC2)c(OCc2ccccc2)c1. The van der Waals surface area contributed by atoms with E-state index in [0.29, 0.717) is 25.6 Å². The second-order valence-electron chi connectivity index (χ2n) is 7.89. The van der Waals surface area contributed by atoms with Crippen LogP contribution in [0.2, 0.25) is 0 Å². The number of benzene rings is 4. The number of fused-ring (bicyclic) bond motifs is 1. The van der Waals surface area contributed by atoms with Gasteiger partial charge in [0.2, 0.25) is 0 Å². The van der Waals surface area contributed by atoms with Gasteiger partial charge in [0.25, 0.3) is 0 Å². The van der Waals surface area contributed by atoms with Gasteiger partial charge in [-0.25, -0.2) is 0 Å². The highest BCUT2D eigenvalue weighted by Crippen LogP contribution is 2.37. The first-order chi connectivity index (χ1) is 16.2. The van der Waals surface area contributed by atoms with E-state index >= 15 is 0 Å². The van der Waals surface area contributed by atoms with Crippen LogP contribution in [0.4, 0.5) is 0 Å². The first-order valence-electron chi connectivity index (χ1n) is 10.9. The maximum atomic E-state index is 10.0. The van der Waals surface area contributed by atoms with Crippen LogP contribution in [0.3, 0.4) is 0 Å². The zero-order valence-electron chi connectivity index (χ0n) is 18.1. The van der Waals surface area contributed by atoms with Crippen molar-refractivity contribution in [1.82, 2.24) is 0 Å². The maximum Gasteiger partial charge on any atom is 0.131 e. The summed E-state index contributed by atoms with van der Waals surface area (Å²) in [6.45, 7) is 1.34. The van der Waals surface area contributed by atoms with Crippen molar-refractivity contribution in [2.75, 3.05) is 6.61 Å². The lowest BCUT2D eigenvalue weighted by Crippen LogP contribution is -2.08. The zero-order chi connectivity index (χ0) is 22.5. The van der Waals surface area contributed by atoms with E-state index in [1.165, 1.54) is 0 Å². The van der Waals surface area contributed by atoms with E-state index < -0.39 is 0 Å². The second-order valence-corrected chi connectivity index (χ2v) is 7.89. The van der Waals surface area contributed by atoms with Crippen LogP contribution in [0.5, 0.6) is 23.0 Å². The molecular weight excluding hydrogens is 412 g/mol. The Morgan fingerprint density at radius 3 is 2.15 bits per heavy atom. The molecule has 0 aromatic heterocycles. The van der Waals surface area contributed by atoms with Crippen molar-refractivity contribution in [3.05, 3.63) is 119 Å². The molecule has 0 atom stereocenters. The number of ether oxygens (including phenoxy) is 3. The Kier molecular flexibility index (Phi) is 5.98. The molecular formula is C29H24O4. The van der Waals surface area contributed by atoms with Gasteiger partial charge in [0.1, 0.15) is 42.8 Å². The van der Waals surface area contributed by atoms with Crippen LogP contribution in [0, 0.1) is 0 Å². The van der Waals surface area contributed by atoms with Gasteiger partial charge >= 0.3 is 0 Å². The smallest absolute Gasteiger partial charge is 0.131 e. The molecule has 0 amide bonds. The number of hydrogen-bond donors (Lipinski definition) is 1. The lowest BCUT2D eigenvalue weighted by molar-refractivity contribution is 0.299. The largest absolute Gasteiger partial charge is 0.508 e. The summed E-state index contributed by atoms with van der Waals surface area (Å²) in [5.74, 6) is 2.35. The quantitative estimate of drug-likeness (QED) is 0.360. The highest BCUT2D eigenvalue weighted by Gasteiger charge is 2.17. The van der Waals surface area contributed by atoms with Crippen molar-refractivity contribution < 1.29 is 19.3 Å². The molecule has 4 heteroatoms. The molecule has 1 aliphatic rings. The molecule has 0 saturated heterocycles. The minimum atomic E-state index is 0.166. The fourth-order valence-electron chi connectivity index (χ4n) is 3.76. The molecule has 1 N–H and O–H groups in total. The van der Waals surface area contributed by atoms with E-state index in [9.17, 15) is 5.11 Å². The highest BCUT2D eigenvalue weighted by atomic mass is 16.5. The molecule has 0 fully saturated rings. The monoisotopic (exact) mass is 436 g/mol. The van der Waals surface area contributed by atoms with E-state index in [0.717, 1.165) is 39.3 Å². The molecule has 0 spiro atoms. The van der Waals surface area contributed by atoms with Gasteiger partial charge in [-0.05, 0) is 41.5 Å². The summed E-state index contributed by atoms with van der Waals surface area (Å²) in [4.78, 5) is 0. The highest BCUT2D eigenvalue weighted by molar-refractivity contribution is 5.88. The Hall–Kier alpha value is -4.18. The van der Waals surface area contributed by atoms with Crippen molar-refractivity contribution in [3.63, 3.8) is 0 Å². The minimum absolute atomic E-state index is 0.166. The molecule has 164 valence electrons. The fourth-order valence-corrected chi connectivity index (χ4v) is 3.76. The van der Waals surface area contributed by atoms with Crippen LogP contribution in [-0.4, -0.2) is 11.7 Å². The molecule has 0 saturated carbocycles. The number of phenolic OH excluding ortho intramolecular Hbond substituents is 1. The number of aromatic hydroxyl groups is 1. The molecule has 5 rings (SSSR count). The predicted molar refractivity (Wildman–Crippen MR) is 129 cm³/mol. The third-order valence-corrected chi connectivity index (χ3v) is 5.49. The Balaban J connectivity index is 1.34. The van der Waals surface area contributed by atoms with Crippen molar-refractivity contribution in [2.24, 2.45) is 0 Å². The van der Waals surface area contributed by atoms with E-state index in [2.05, 4.69) is 6.08 Å². The van der Waals surface area contributed by atoms with Gasteiger partial charge < -0.3 is 19.3 Å². The van der Waals surface area contributed by atoms with Crippen LogP contribution < -0.4 is 14.2 Å². The molecule has 4 nitrogen and oxygen atoms in total. The summed E-state index contributed by atoms with van der Waals surface area (Å²) in [6, 6.07) is 31.1. The minimum Gasteiger partial charge on any atom is -0.508 e. The Labute approximate surface area is 193 Å². The molecule has 0 bridgehead atoms. The van der Waals surface area contributed by atoms with Gasteiger partial charge in [-0.15, -0.1) is 0 Å². The van der Waals surface area contributed by atoms with Gasteiger partial charge in [-0.1, -0.05) is 60.7 Å². The summed E-state index contributed by atoms with van der Waals surface area (Å²) >= 11 is 0. The maximum absolute atomic E-state index is 10.0. The molecule has 0 aliphatic carbocycles. The summed E-state index contributed by atoms with van der Waals surface area (Å²) in [7, 11) is 0. The van der Waals surface area contributed by atoms with Crippen molar-refractivity contribution in [1.29, 1.82) is 0 Å². The fraction of sp³-hybridized carbons (Fsp3) is 0.103. The first-order valence-corrected chi connectivity index (χ1v) is 10.9. The second kappa shape index (κ2) is 9.53. The molecule has 4 aromatic rings. The number of hydrogen-bond acceptors (Lipinski definition) is 4. The topological polar surface area (TPSA) is 47.9 Å². The summed E-state index contributed by atoms with van der Waals surface area (Å²) in [6.07, 6.45) is 2.10. The molecule has 0 unspecified atom stereocenters.